The maximum atomic E-state index is 5.47. The predicted octanol–water partition coefficient (Wildman–Crippen LogP) is 2.37. The fourth-order valence-electron chi connectivity index (χ4n) is 1.61. The van der Waals surface area contributed by atoms with Crippen molar-refractivity contribution in [2.24, 2.45) is 0 Å². The number of furan rings is 1. The summed E-state index contributed by atoms with van der Waals surface area (Å²) in [4.78, 5) is 0. The van der Waals surface area contributed by atoms with Gasteiger partial charge in [-0.25, -0.2) is 0 Å². The molecule has 0 radical (unpaired) electrons. The second kappa shape index (κ2) is 5.51. The van der Waals surface area contributed by atoms with Crippen LogP contribution in [-0.4, -0.2) is 18.6 Å². The minimum atomic E-state index is 0.198. The summed E-state index contributed by atoms with van der Waals surface area (Å²) in [6.07, 6.45) is 0. The van der Waals surface area contributed by atoms with E-state index >= 15 is 0 Å². The zero-order valence-corrected chi connectivity index (χ0v) is 11.1. The molecule has 1 aromatic rings. The van der Waals surface area contributed by atoms with Gasteiger partial charge in [0.15, 0.2) is 0 Å². The summed E-state index contributed by atoms with van der Waals surface area (Å²) >= 11 is 0. The maximum Gasteiger partial charge on any atom is 0.105 e. The monoisotopic (exact) mass is 224 g/mol. The molecule has 0 bridgehead atoms. The van der Waals surface area contributed by atoms with Crippen molar-refractivity contribution >= 4 is 0 Å². The van der Waals surface area contributed by atoms with Crippen LogP contribution in [0.2, 0.25) is 0 Å². The molecular weight excluding hydrogens is 200 g/mol. The largest absolute Gasteiger partial charge is 0.466 e. The first-order valence-electron chi connectivity index (χ1n) is 5.90. The lowest BCUT2D eigenvalue weighted by molar-refractivity contribution is 0.421. The molecule has 2 N–H and O–H groups in total. The van der Waals surface area contributed by atoms with Crippen LogP contribution in [0, 0.1) is 13.8 Å². The molecule has 3 nitrogen and oxygen atoms in total. The molecule has 3 heteroatoms. The Morgan fingerprint density at radius 2 is 1.88 bits per heavy atom. The van der Waals surface area contributed by atoms with Gasteiger partial charge >= 0.3 is 0 Å². The Kier molecular flexibility index (Phi) is 4.56. The van der Waals surface area contributed by atoms with Gasteiger partial charge in [-0.2, -0.15) is 0 Å². The first kappa shape index (κ1) is 13.3. The Morgan fingerprint density at radius 3 is 2.38 bits per heavy atom. The van der Waals surface area contributed by atoms with Crippen LogP contribution >= 0.6 is 0 Å². The van der Waals surface area contributed by atoms with Gasteiger partial charge in [0, 0.05) is 30.7 Å². The van der Waals surface area contributed by atoms with E-state index in [1.165, 1.54) is 5.56 Å². The molecule has 0 saturated carbocycles. The van der Waals surface area contributed by atoms with Gasteiger partial charge in [-0.15, -0.1) is 0 Å². The van der Waals surface area contributed by atoms with Crippen LogP contribution in [-0.2, 0) is 6.54 Å². The number of hydrogen-bond acceptors (Lipinski definition) is 3. The number of hydrogen-bond donors (Lipinski definition) is 2. The fourth-order valence-corrected chi connectivity index (χ4v) is 1.61. The van der Waals surface area contributed by atoms with Crippen LogP contribution in [0.4, 0.5) is 0 Å². The molecule has 1 aromatic heterocycles. The molecule has 16 heavy (non-hydrogen) atoms. The molecule has 0 amide bonds. The fraction of sp³-hybridized carbons (Fsp3) is 0.692. The van der Waals surface area contributed by atoms with Crippen molar-refractivity contribution in [3.8, 4) is 0 Å². The first-order chi connectivity index (χ1) is 7.38. The summed E-state index contributed by atoms with van der Waals surface area (Å²) < 4.78 is 5.47. The zero-order valence-electron chi connectivity index (χ0n) is 11.1. The van der Waals surface area contributed by atoms with E-state index in [9.17, 15) is 0 Å². The summed E-state index contributed by atoms with van der Waals surface area (Å²) in [5, 5.41) is 6.85. The minimum Gasteiger partial charge on any atom is -0.466 e. The third-order valence-electron chi connectivity index (χ3n) is 2.42. The average molecular weight is 224 g/mol. The smallest absolute Gasteiger partial charge is 0.105 e. The highest BCUT2D eigenvalue weighted by Gasteiger charge is 2.07. The highest BCUT2D eigenvalue weighted by molar-refractivity contribution is 5.19. The number of rotatable bonds is 5. The molecule has 92 valence electrons. The van der Waals surface area contributed by atoms with Crippen LogP contribution < -0.4 is 10.6 Å². The molecule has 0 saturated heterocycles. The number of nitrogens with one attached hydrogen (secondary N) is 2. The van der Waals surface area contributed by atoms with E-state index < -0.39 is 0 Å². The second-order valence-electron chi connectivity index (χ2n) is 5.29. The third kappa shape index (κ3) is 4.81. The van der Waals surface area contributed by atoms with Crippen LogP contribution in [0.3, 0.4) is 0 Å². The van der Waals surface area contributed by atoms with Gasteiger partial charge in [-0.05, 0) is 40.7 Å². The quantitative estimate of drug-likeness (QED) is 0.754. The van der Waals surface area contributed by atoms with Gasteiger partial charge in [-0.1, -0.05) is 0 Å². The van der Waals surface area contributed by atoms with Gasteiger partial charge in [-0.3, -0.25) is 0 Å². The normalized spacial score (nSPS) is 12.1. The lowest BCUT2D eigenvalue weighted by atomic mass is 10.1. The summed E-state index contributed by atoms with van der Waals surface area (Å²) in [6, 6.07) is 2.10. The summed E-state index contributed by atoms with van der Waals surface area (Å²) in [5.41, 5.74) is 1.46. The Morgan fingerprint density at radius 1 is 1.19 bits per heavy atom. The van der Waals surface area contributed by atoms with Crippen LogP contribution in [0.15, 0.2) is 10.5 Å². The van der Waals surface area contributed by atoms with E-state index in [2.05, 4.69) is 37.5 Å². The molecule has 1 rings (SSSR count). The summed E-state index contributed by atoms with van der Waals surface area (Å²) in [7, 11) is 0. The van der Waals surface area contributed by atoms with Crippen molar-refractivity contribution in [2.45, 2.75) is 46.7 Å². The van der Waals surface area contributed by atoms with Crippen molar-refractivity contribution < 1.29 is 4.42 Å². The molecule has 0 aliphatic rings. The molecule has 0 aliphatic carbocycles. The molecule has 0 spiro atoms. The third-order valence-corrected chi connectivity index (χ3v) is 2.42. The number of aryl methyl sites for hydroxylation is 2. The van der Waals surface area contributed by atoms with E-state index in [0.29, 0.717) is 0 Å². The Hall–Kier alpha value is -0.800. The van der Waals surface area contributed by atoms with Crippen LogP contribution in [0.1, 0.15) is 37.9 Å². The van der Waals surface area contributed by atoms with Crippen LogP contribution in [0.5, 0.6) is 0 Å². The van der Waals surface area contributed by atoms with Gasteiger partial charge in [0.1, 0.15) is 11.5 Å². The van der Waals surface area contributed by atoms with Crippen molar-refractivity contribution in [1.82, 2.24) is 10.6 Å². The van der Waals surface area contributed by atoms with Gasteiger partial charge in [0.25, 0.3) is 0 Å². The molecule has 1 heterocycles. The van der Waals surface area contributed by atoms with Crippen molar-refractivity contribution in [3.05, 3.63) is 23.2 Å². The molecule has 0 aliphatic heterocycles. The lowest BCUT2D eigenvalue weighted by Gasteiger charge is -2.20. The molecular formula is C13H24N2O. The summed E-state index contributed by atoms with van der Waals surface area (Å²) in [5.74, 6) is 2.01. The Labute approximate surface area is 98.6 Å². The van der Waals surface area contributed by atoms with E-state index in [1.807, 2.05) is 13.8 Å². The van der Waals surface area contributed by atoms with Crippen molar-refractivity contribution in [1.29, 1.82) is 0 Å². The molecule has 0 aromatic carbocycles. The molecule has 0 unspecified atom stereocenters. The highest BCUT2D eigenvalue weighted by Crippen LogP contribution is 2.12. The highest BCUT2D eigenvalue weighted by atomic mass is 16.3. The predicted molar refractivity (Wildman–Crippen MR) is 67.6 cm³/mol. The van der Waals surface area contributed by atoms with E-state index in [4.69, 9.17) is 4.42 Å². The topological polar surface area (TPSA) is 37.2 Å². The van der Waals surface area contributed by atoms with Crippen molar-refractivity contribution in [3.63, 3.8) is 0 Å². The summed E-state index contributed by atoms with van der Waals surface area (Å²) in [6.45, 7) is 13.4. The van der Waals surface area contributed by atoms with Gasteiger partial charge in [0.05, 0.1) is 0 Å². The zero-order chi connectivity index (χ0) is 12.2. The molecule has 0 atom stereocenters. The standard InChI is InChI=1S/C13H24N2O/c1-10-8-12(11(2)16-10)9-14-6-7-15-13(3,4)5/h8,14-15H,6-7,9H2,1-5H3. The van der Waals surface area contributed by atoms with Gasteiger partial charge < -0.3 is 15.1 Å². The Balaban J connectivity index is 2.19. The van der Waals surface area contributed by atoms with E-state index in [1.54, 1.807) is 0 Å². The Bertz CT molecular complexity index is 323. The second-order valence-corrected chi connectivity index (χ2v) is 5.29. The lowest BCUT2D eigenvalue weighted by Crippen LogP contribution is -2.40. The minimum absolute atomic E-state index is 0.198. The maximum absolute atomic E-state index is 5.47. The van der Waals surface area contributed by atoms with E-state index in [-0.39, 0.29) is 5.54 Å². The average Bonchev–Trinajstić information content (AvgIpc) is 2.42. The van der Waals surface area contributed by atoms with Gasteiger partial charge in [0.2, 0.25) is 0 Å². The van der Waals surface area contributed by atoms with Crippen molar-refractivity contribution in [2.75, 3.05) is 13.1 Å². The van der Waals surface area contributed by atoms with Crippen LogP contribution in [0.25, 0.3) is 0 Å². The molecule has 0 fully saturated rings. The SMILES string of the molecule is Cc1cc(CNCCNC(C)(C)C)c(C)o1. The van der Waals surface area contributed by atoms with E-state index in [0.717, 1.165) is 31.2 Å². The first-order valence-corrected chi connectivity index (χ1v) is 5.90.